The van der Waals surface area contributed by atoms with Crippen LogP contribution in [0.4, 0.5) is 9.59 Å². The van der Waals surface area contributed by atoms with E-state index in [1.54, 1.807) is 20.3 Å². The number of unbranched alkanes of at least 4 members (excludes halogenated alkanes) is 2. The van der Waals surface area contributed by atoms with Gasteiger partial charge in [-0.05, 0) is 78.5 Å². The van der Waals surface area contributed by atoms with Crippen LogP contribution in [0.25, 0.3) is 0 Å². The molecule has 2 aromatic carbocycles. The summed E-state index contributed by atoms with van der Waals surface area (Å²) in [5.74, 6) is 1.25. The van der Waals surface area contributed by atoms with Crippen molar-refractivity contribution in [3.63, 3.8) is 0 Å². The van der Waals surface area contributed by atoms with E-state index >= 15 is 0 Å². The highest BCUT2D eigenvalue weighted by molar-refractivity contribution is 5.68. The number of ether oxygens (including phenoxy) is 4. The van der Waals surface area contributed by atoms with E-state index in [1.165, 1.54) is 0 Å². The highest BCUT2D eigenvalue weighted by Crippen LogP contribution is 2.32. The molecule has 0 aliphatic carbocycles. The quantitative estimate of drug-likeness (QED) is 0.332. The third-order valence-electron chi connectivity index (χ3n) is 6.05. The molecule has 0 aromatic heterocycles. The Balaban J connectivity index is 1.68. The molecule has 0 aliphatic rings. The minimum absolute atomic E-state index is 0.442. The second kappa shape index (κ2) is 13.2. The normalized spacial score (nSPS) is 11.5. The molecule has 0 atom stereocenters. The van der Waals surface area contributed by atoms with Crippen LogP contribution in [-0.2, 0) is 20.7 Å². The van der Waals surface area contributed by atoms with Crippen molar-refractivity contribution in [1.82, 2.24) is 10.6 Å². The highest BCUT2D eigenvalue weighted by atomic mass is 16.6. The van der Waals surface area contributed by atoms with Crippen molar-refractivity contribution >= 4 is 12.2 Å². The molecule has 2 aromatic rings. The third kappa shape index (κ3) is 9.52. The van der Waals surface area contributed by atoms with Gasteiger partial charge in [0.1, 0.15) is 22.7 Å². The molecular weight excluding hydrogens is 472 g/mol. The lowest BCUT2D eigenvalue weighted by Gasteiger charge is -2.26. The van der Waals surface area contributed by atoms with Gasteiger partial charge in [0, 0.05) is 24.7 Å². The van der Waals surface area contributed by atoms with Gasteiger partial charge in [0.25, 0.3) is 0 Å². The van der Waals surface area contributed by atoms with Crippen molar-refractivity contribution in [2.75, 3.05) is 27.3 Å². The molecular formula is C29H42N2O6. The molecule has 0 aliphatic heterocycles. The Labute approximate surface area is 221 Å². The largest absolute Gasteiger partial charge is 0.497 e. The van der Waals surface area contributed by atoms with E-state index in [9.17, 15) is 9.59 Å². The smallest absolute Gasteiger partial charge is 0.408 e. The first kappa shape index (κ1) is 29.8. The molecule has 2 N–H and O–H groups in total. The van der Waals surface area contributed by atoms with Crippen molar-refractivity contribution in [2.45, 2.75) is 72.0 Å². The Hall–Kier alpha value is -3.42. The van der Waals surface area contributed by atoms with Crippen LogP contribution in [0.3, 0.4) is 0 Å². The van der Waals surface area contributed by atoms with Gasteiger partial charge in [-0.1, -0.05) is 29.3 Å². The second-order valence-electron chi connectivity index (χ2n) is 10.2. The van der Waals surface area contributed by atoms with Crippen molar-refractivity contribution in [2.24, 2.45) is 0 Å². The number of amides is 2. The summed E-state index contributed by atoms with van der Waals surface area (Å²) in [5, 5.41) is 5.60. The Kier molecular flexibility index (Phi) is 10.6. The third-order valence-corrected chi connectivity index (χ3v) is 6.05. The minimum atomic E-state index is -0.874. The summed E-state index contributed by atoms with van der Waals surface area (Å²) < 4.78 is 21.9. The van der Waals surface area contributed by atoms with E-state index < -0.39 is 23.4 Å². The molecule has 0 saturated heterocycles. The predicted molar refractivity (Wildman–Crippen MR) is 144 cm³/mol. The Morgan fingerprint density at radius 3 is 1.46 bits per heavy atom. The molecule has 0 spiro atoms. The average molecular weight is 515 g/mol. The molecule has 0 heterocycles. The molecule has 0 fully saturated rings. The minimum Gasteiger partial charge on any atom is -0.497 e. The van der Waals surface area contributed by atoms with Crippen molar-refractivity contribution in [1.29, 1.82) is 0 Å². The zero-order valence-electron chi connectivity index (χ0n) is 23.4. The molecule has 0 saturated carbocycles. The molecule has 0 radical (unpaired) electrons. The Morgan fingerprint density at radius 1 is 0.649 bits per heavy atom. The Bertz CT molecular complexity index is 1020. The van der Waals surface area contributed by atoms with E-state index in [4.69, 9.17) is 18.9 Å². The number of carbonyl (C=O) groups is 2. The lowest BCUT2D eigenvalue weighted by molar-refractivity contribution is 0.0356. The van der Waals surface area contributed by atoms with Gasteiger partial charge in [0.05, 0.1) is 14.2 Å². The summed E-state index contributed by atoms with van der Waals surface area (Å²) in [7, 11) is 3.15. The van der Waals surface area contributed by atoms with Crippen LogP contribution < -0.4 is 20.1 Å². The Morgan fingerprint density at radius 2 is 1.05 bits per heavy atom. The van der Waals surface area contributed by atoms with Crippen LogP contribution in [0, 0.1) is 13.8 Å². The van der Waals surface area contributed by atoms with Gasteiger partial charge in [-0.15, -0.1) is 0 Å². The molecule has 8 heteroatoms. The van der Waals surface area contributed by atoms with Gasteiger partial charge in [-0.25, -0.2) is 9.59 Å². The van der Waals surface area contributed by atoms with E-state index in [0.29, 0.717) is 24.6 Å². The summed E-state index contributed by atoms with van der Waals surface area (Å²) in [4.78, 5) is 24.6. The van der Waals surface area contributed by atoms with E-state index in [1.807, 2.05) is 65.8 Å². The van der Waals surface area contributed by atoms with Crippen LogP contribution >= 0.6 is 0 Å². The van der Waals surface area contributed by atoms with Gasteiger partial charge in [0.15, 0.2) is 0 Å². The topological polar surface area (TPSA) is 95.1 Å². The van der Waals surface area contributed by atoms with Crippen LogP contribution in [-0.4, -0.2) is 39.5 Å². The fourth-order valence-corrected chi connectivity index (χ4v) is 3.94. The molecule has 8 nitrogen and oxygen atoms in total. The van der Waals surface area contributed by atoms with Gasteiger partial charge >= 0.3 is 12.2 Å². The van der Waals surface area contributed by atoms with Crippen LogP contribution in [0.2, 0.25) is 0 Å². The number of alkyl carbamates (subject to hydrolysis) is 2. The maximum Gasteiger partial charge on any atom is 0.408 e. The van der Waals surface area contributed by atoms with E-state index in [2.05, 4.69) is 16.7 Å². The number of rotatable bonds is 12. The number of aryl methyl sites for hydroxylation is 2. The zero-order chi connectivity index (χ0) is 27.6. The number of methoxy groups -OCH3 is 2. The summed E-state index contributed by atoms with van der Waals surface area (Å²) in [5.41, 5.74) is 2.39. The lowest BCUT2D eigenvalue weighted by Crippen LogP contribution is -2.34. The zero-order valence-corrected chi connectivity index (χ0v) is 23.4. The summed E-state index contributed by atoms with van der Waals surface area (Å²) in [6, 6.07) is 11.6. The fraction of sp³-hybridized carbons (Fsp3) is 0.517. The second-order valence-corrected chi connectivity index (χ2v) is 10.2. The highest BCUT2D eigenvalue weighted by Gasteiger charge is 2.27. The molecule has 2 amide bonds. The number of nitrogens with one attached hydrogen (secondary N) is 2. The monoisotopic (exact) mass is 514 g/mol. The molecule has 0 unspecified atom stereocenters. The first-order valence-corrected chi connectivity index (χ1v) is 12.6. The molecule has 204 valence electrons. The lowest BCUT2D eigenvalue weighted by atomic mass is 9.94. The summed E-state index contributed by atoms with van der Waals surface area (Å²) >= 11 is 0. The number of hydrogen-bond acceptors (Lipinski definition) is 6. The van der Waals surface area contributed by atoms with E-state index in [-0.39, 0.29) is 0 Å². The predicted octanol–water partition coefficient (Wildman–Crippen LogP) is 6.11. The van der Waals surface area contributed by atoms with Crippen molar-refractivity contribution in [3.8, 4) is 11.5 Å². The van der Waals surface area contributed by atoms with Crippen molar-refractivity contribution in [3.05, 3.63) is 58.7 Å². The fourth-order valence-electron chi connectivity index (χ4n) is 3.94. The van der Waals surface area contributed by atoms with Gasteiger partial charge < -0.3 is 29.6 Å². The number of carbonyl (C=O) groups excluding carboxylic acids is 2. The first-order chi connectivity index (χ1) is 17.4. The number of hydrogen-bond donors (Lipinski definition) is 2. The van der Waals surface area contributed by atoms with Gasteiger partial charge in [-0.2, -0.15) is 0 Å². The average Bonchev–Trinajstić information content (AvgIpc) is 2.81. The van der Waals surface area contributed by atoms with Crippen molar-refractivity contribution < 1.29 is 28.5 Å². The summed E-state index contributed by atoms with van der Waals surface area (Å²) in [6.07, 6.45) is 1.42. The maximum absolute atomic E-state index is 12.3. The number of benzene rings is 2. The van der Waals surface area contributed by atoms with Gasteiger partial charge in [-0.3, -0.25) is 0 Å². The molecule has 37 heavy (non-hydrogen) atoms. The maximum atomic E-state index is 12.3. The molecule has 2 rings (SSSR count). The first-order valence-electron chi connectivity index (χ1n) is 12.6. The van der Waals surface area contributed by atoms with Crippen LogP contribution in [0.1, 0.15) is 69.2 Å². The summed E-state index contributed by atoms with van der Waals surface area (Å²) in [6.45, 7) is 12.4. The van der Waals surface area contributed by atoms with Crippen LogP contribution in [0.5, 0.6) is 11.5 Å². The standard InChI is InChI=1S/C29H42N2O6/c1-20-14-21(2)16-22(15-20)28(3,4)36-26(32)30-12-10-9-11-13-31-27(33)37-29(5,6)23-17-24(34-7)19-25(18-23)35-8/h14-19H,9-13H2,1-8H3,(H,30,32)(H,31,33). The molecule has 0 bridgehead atoms. The van der Waals surface area contributed by atoms with E-state index in [0.717, 1.165) is 41.5 Å². The van der Waals surface area contributed by atoms with Gasteiger partial charge in [0.2, 0.25) is 0 Å². The SMILES string of the molecule is COc1cc(OC)cc(C(C)(C)OC(=O)NCCCCCNC(=O)OC(C)(C)c2cc(C)cc(C)c2)c1. The van der Waals surface area contributed by atoms with Crippen LogP contribution in [0.15, 0.2) is 36.4 Å².